The van der Waals surface area contributed by atoms with Crippen LogP contribution in [-0.2, 0) is 0 Å². The zero-order chi connectivity index (χ0) is 11.5. The van der Waals surface area contributed by atoms with E-state index in [9.17, 15) is 4.79 Å². The van der Waals surface area contributed by atoms with Crippen molar-refractivity contribution >= 4 is 18.3 Å². The van der Waals surface area contributed by atoms with E-state index in [1.807, 2.05) is 18.9 Å². The van der Waals surface area contributed by atoms with Gasteiger partial charge in [-0.15, -0.1) is 12.4 Å². The van der Waals surface area contributed by atoms with Gasteiger partial charge in [0.1, 0.15) is 0 Å². The molecule has 1 aromatic heterocycles. The number of carbonyl (C=O) groups is 1. The highest BCUT2D eigenvalue weighted by Crippen LogP contribution is 2.20. The van der Waals surface area contributed by atoms with E-state index in [4.69, 9.17) is 0 Å². The number of nitrogens with zero attached hydrogens (tertiary/aromatic N) is 2. The van der Waals surface area contributed by atoms with Gasteiger partial charge in [-0.2, -0.15) is 5.10 Å². The number of H-pyrrole nitrogens is 1. The number of likely N-dealkylation sites (N-methyl/N-ethyl adjacent to an activating group) is 1. The smallest absolute Gasteiger partial charge is 0.257 e. The van der Waals surface area contributed by atoms with Crippen molar-refractivity contribution in [3.8, 4) is 0 Å². The van der Waals surface area contributed by atoms with Gasteiger partial charge in [-0.25, -0.2) is 0 Å². The Bertz CT molecular complexity index is 379. The number of nitrogens with one attached hydrogen (secondary N) is 2. The summed E-state index contributed by atoms with van der Waals surface area (Å²) in [5, 5.41) is 9.84. The molecule has 1 unspecified atom stereocenters. The molecule has 1 saturated heterocycles. The normalized spacial score (nSPS) is 19.2. The molecule has 5 nitrogen and oxygen atoms in total. The molecule has 0 radical (unpaired) electrons. The van der Waals surface area contributed by atoms with Gasteiger partial charge in [-0.1, -0.05) is 0 Å². The maximum Gasteiger partial charge on any atom is 0.257 e. The SMILES string of the molecule is CNCC1CCCN1C(=O)c1cn[nH]c1C.Cl. The van der Waals surface area contributed by atoms with Crippen LogP contribution in [-0.4, -0.2) is 47.2 Å². The van der Waals surface area contributed by atoms with Crippen LogP contribution in [0.5, 0.6) is 0 Å². The van der Waals surface area contributed by atoms with Crippen molar-refractivity contribution in [2.45, 2.75) is 25.8 Å². The molecule has 2 heterocycles. The molecule has 1 aliphatic heterocycles. The van der Waals surface area contributed by atoms with E-state index in [-0.39, 0.29) is 18.3 Å². The average molecular weight is 259 g/mol. The lowest BCUT2D eigenvalue weighted by Gasteiger charge is -2.24. The molecule has 0 bridgehead atoms. The summed E-state index contributed by atoms with van der Waals surface area (Å²) in [4.78, 5) is 14.2. The fourth-order valence-electron chi connectivity index (χ4n) is 2.27. The highest BCUT2D eigenvalue weighted by atomic mass is 35.5. The first-order valence-electron chi connectivity index (χ1n) is 5.69. The third kappa shape index (κ3) is 2.79. The highest BCUT2D eigenvalue weighted by Gasteiger charge is 2.29. The lowest BCUT2D eigenvalue weighted by Crippen LogP contribution is -2.40. The first kappa shape index (κ1) is 14.0. The van der Waals surface area contributed by atoms with Crippen molar-refractivity contribution in [3.63, 3.8) is 0 Å². The zero-order valence-corrected chi connectivity index (χ0v) is 11.0. The Hall–Kier alpha value is -1.07. The molecule has 96 valence electrons. The third-order valence-corrected chi connectivity index (χ3v) is 3.14. The van der Waals surface area contributed by atoms with Crippen LogP contribution >= 0.6 is 12.4 Å². The summed E-state index contributed by atoms with van der Waals surface area (Å²) in [6.45, 7) is 3.60. The molecule has 0 aliphatic carbocycles. The minimum atomic E-state index is 0. The summed E-state index contributed by atoms with van der Waals surface area (Å²) in [5.74, 6) is 0.101. The van der Waals surface area contributed by atoms with Crippen LogP contribution in [0.1, 0.15) is 28.9 Å². The van der Waals surface area contributed by atoms with Gasteiger partial charge in [0, 0.05) is 24.8 Å². The molecule has 0 spiro atoms. The van der Waals surface area contributed by atoms with E-state index < -0.39 is 0 Å². The van der Waals surface area contributed by atoms with Gasteiger partial charge in [-0.3, -0.25) is 9.89 Å². The summed E-state index contributed by atoms with van der Waals surface area (Å²) in [7, 11) is 1.92. The standard InChI is InChI=1S/C11H18N4O.ClH/c1-8-10(7-13-14-8)11(16)15-5-3-4-9(15)6-12-2;/h7,9,12H,3-6H2,1-2H3,(H,13,14);1H. The zero-order valence-electron chi connectivity index (χ0n) is 10.2. The molecule has 17 heavy (non-hydrogen) atoms. The van der Waals surface area contributed by atoms with Gasteiger partial charge in [0.05, 0.1) is 11.8 Å². The number of aromatic nitrogens is 2. The van der Waals surface area contributed by atoms with Gasteiger partial charge in [0.15, 0.2) is 0 Å². The van der Waals surface area contributed by atoms with Crippen LogP contribution in [0.2, 0.25) is 0 Å². The van der Waals surface area contributed by atoms with Crippen molar-refractivity contribution in [1.82, 2.24) is 20.4 Å². The number of halogens is 1. The first-order valence-corrected chi connectivity index (χ1v) is 5.69. The minimum Gasteiger partial charge on any atom is -0.334 e. The molecular weight excluding hydrogens is 240 g/mol. The Morgan fingerprint density at radius 2 is 2.47 bits per heavy atom. The Balaban J connectivity index is 0.00000144. The molecule has 0 aromatic carbocycles. The van der Waals surface area contributed by atoms with Gasteiger partial charge in [0.25, 0.3) is 5.91 Å². The topological polar surface area (TPSA) is 61.0 Å². The van der Waals surface area contributed by atoms with E-state index in [1.54, 1.807) is 6.20 Å². The highest BCUT2D eigenvalue weighted by molar-refractivity contribution is 5.95. The molecule has 1 aliphatic rings. The molecular formula is C11H19ClN4O. The van der Waals surface area contributed by atoms with Crippen LogP contribution < -0.4 is 5.32 Å². The van der Waals surface area contributed by atoms with Gasteiger partial charge in [0.2, 0.25) is 0 Å². The number of aromatic amines is 1. The lowest BCUT2D eigenvalue weighted by molar-refractivity contribution is 0.0736. The van der Waals surface area contributed by atoms with Crippen molar-refractivity contribution in [2.75, 3.05) is 20.1 Å². The number of aryl methyl sites for hydroxylation is 1. The molecule has 1 aromatic rings. The predicted molar refractivity (Wildman–Crippen MR) is 68.6 cm³/mol. The van der Waals surface area contributed by atoms with E-state index in [0.29, 0.717) is 11.6 Å². The average Bonchev–Trinajstić information content (AvgIpc) is 2.87. The molecule has 2 N–H and O–H groups in total. The molecule has 0 saturated carbocycles. The number of rotatable bonds is 3. The molecule has 6 heteroatoms. The van der Waals surface area contributed by atoms with Crippen LogP contribution in [0.4, 0.5) is 0 Å². The van der Waals surface area contributed by atoms with Crippen molar-refractivity contribution in [1.29, 1.82) is 0 Å². The largest absolute Gasteiger partial charge is 0.334 e. The van der Waals surface area contributed by atoms with Crippen LogP contribution in [0.25, 0.3) is 0 Å². The van der Waals surface area contributed by atoms with E-state index in [0.717, 1.165) is 31.6 Å². The molecule has 1 fully saturated rings. The Kier molecular flexibility index (Phi) is 4.96. The molecule has 2 rings (SSSR count). The van der Waals surface area contributed by atoms with Crippen LogP contribution in [0.15, 0.2) is 6.20 Å². The van der Waals surface area contributed by atoms with Crippen molar-refractivity contribution in [3.05, 3.63) is 17.5 Å². The van der Waals surface area contributed by atoms with Crippen molar-refractivity contribution in [2.24, 2.45) is 0 Å². The Labute approximate surface area is 107 Å². The molecule has 1 amide bonds. The Morgan fingerprint density at radius 1 is 1.71 bits per heavy atom. The number of hydrogen-bond acceptors (Lipinski definition) is 3. The van der Waals surface area contributed by atoms with Gasteiger partial charge >= 0.3 is 0 Å². The maximum absolute atomic E-state index is 12.3. The second kappa shape index (κ2) is 6.02. The lowest BCUT2D eigenvalue weighted by atomic mass is 10.2. The third-order valence-electron chi connectivity index (χ3n) is 3.14. The number of amides is 1. The van der Waals surface area contributed by atoms with Crippen LogP contribution in [0, 0.1) is 6.92 Å². The Morgan fingerprint density at radius 3 is 3.06 bits per heavy atom. The van der Waals surface area contributed by atoms with E-state index >= 15 is 0 Å². The summed E-state index contributed by atoms with van der Waals surface area (Å²) < 4.78 is 0. The second-order valence-corrected chi connectivity index (χ2v) is 4.26. The summed E-state index contributed by atoms with van der Waals surface area (Å²) in [5.41, 5.74) is 1.54. The monoisotopic (exact) mass is 258 g/mol. The number of likely N-dealkylation sites (tertiary alicyclic amines) is 1. The second-order valence-electron chi connectivity index (χ2n) is 4.26. The molecule has 1 atom stereocenters. The van der Waals surface area contributed by atoms with E-state index in [1.165, 1.54) is 0 Å². The number of hydrogen-bond donors (Lipinski definition) is 2. The fraction of sp³-hybridized carbons (Fsp3) is 0.636. The summed E-state index contributed by atoms with van der Waals surface area (Å²) in [6.07, 6.45) is 3.80. The van der Waals surface area contributed by atoms with Gasteiger partial charge in [-0.05, 0) is 26.8 Å². The predicted octanol–water partition coefficient (Wildman–Crippen LogP) is 0.964. The minimum absolute atomic E-state index is 0. The number of carbonyl (C=O) groups excluding carboxylic acids is 1. The maximum atomic E-state index is 12.3. The summed E-state index contributed by atoms with van der Waals surface area (Å²) in [6, 6.07) is 0.326. The van der Waals surface area contributed by atoms with Gasteiger partial charge < -0.3 is 10.2 Å². The first-order chi connectivity index (χ1) is 7.74. The fourth-order valence-corrected chi connectivity index (χ4v) is 2.27. The van der Waals surface area contributed by atoms with Crippen LogP contribution in [0.3, 0.4) is 0 Å². The van der Waals surface area contributed by atoms with Crippen molar-refractivity contribution < 1.29 is 4.79 Å². The quantitative estimate of drug-likeness (QED) is 0.849. The summed E-state index contributed by atoms with van der Waals surface area (Å²) >= 11 is 0. The van der Waals surface area contributed by atoms with E-state index in [2.05, 4.69) is 15.5 Å².